The fourth-order valence-corrected chi connectivity index (χ4v) is 2.28. The zero-order valence-electron chi connectivity index (χ0n) is 15.7. The molecule has 30 heavy (non-hydrogen) atoms. The molecule has 3 rings (SSSR count). The van der Waals surface area contributed by atoms with E-state index in [4.69, 9.17) is 12.3 Å². The van der Waals surface area contributed by atoms with Crippen molar-refractivity contribution in [3.63, 3.8) is 0 Å². The van der Waals surface area contributed by atoms with Crippen molar-refractivity contribution in [2.45, 2.75) is 0 Å². The van der Waals surface area contributed by atoms with Crippen molar-refractivity contribution in [3.05, 3.63) is 99.0 Å². The number of aromatic amines is 1. The van der Waals surface area contributed by atoms with Crippen LogP contribution in [0.15, 0.2) is 76.3 Å². The number of hydrogen-bond donors (Lipinski definition) is 4. The molecule has 3 aromatic rings. The van der Waals surface area contributed by atoms with E-state index >= 15 is 0 Å². The molecule has 0 radical (unpaired) electrons. The highest BCUT2D eigenvalue weighted by atomic mass is 16.2. The number of anilines is 2. The molecule has 1 heterocycles. The minimum Gasteiger partial charge on any atom is -0.385 e. The molecular formula is C20H18N6O4. The van der Waals surface area contributed by atoms with E-state index in [-0.39, 0.29) is 12.4 Å². The van der Waals surface area contributed by atoms with Gasteiger partial charge >= 0.3 is 17.6 Å². The number of carbonyl (C=O) groups excluding carboxylic acids is 2. The first-order valence-corrected chi connectivity index (χ1v) is 8.57. The maximum atomic E-state index is 11.5. The number of benzene rings is 2. The molecule has 3 amide bonds. The molecule has 0 unspecified atom stereocenters. The number of nitrogen functional groups attached to an aromatic ring is 1. The third-order valence-electron chi connectivity index (χ3n) is 3.49. The van der Waals surface area contributed by atoms with Gasteiger partial charge in [-0.15, -0.1) is 0 Å². The van der Waals surface area contributed by atoms with Gasteiger partial charge in [-0.25, -0.2) is 20.7 Å². The van der Waals surface area contributed by atoms with E-state index in [9.17, 15) is 19.2 Å². The summed E-state index contributed by atoms with van der Waals surface area (Å²) >= 11 is 0. The Morgan fingerprint density at radius 3 is 2.20 bits per heavy atom. The van der Waals surface area contributed by atoms with Crippen LogP contribution in [0.3, 0.4) is 0 Å². The predicted molar refractivity (Wildman–Crippen MR) is 112 cm³/mol. The average molecular weight is 406 g/mol. The number of nitrogens with zero attached hydrogens (tertiary/aromatic N) is 2. The molecule has 5 N–H and O–H groups in total. The second-order valence-corrected chi connectivity index (χ2v) is 5.72. The highest BCUT2D eigenvalue weighted by molar-refractivity contribution is 6.02. The molecule has 0 fully saturated rings. The van der Waals surface area contributed by atoms with Crippen molar-refractivity contribution in [3.8, 4) is 5.69 Å². The first-order valence-electron chi connectivity index (χ1n) is 8.57. The minimum atomic E-state index is -0.630. The summed E-state index contributed by atoms with van der Waals surface area (Å²) in [6.07, 6.45) is 0. The molecule has 10 heteroatoms. The lowest BCUT2D eigenvalue weighted by Gasteiger charge is -2.07. The van der Waals surface area contributed by atoms with Crippen LogP contribution in [0.4, 0.5) is 16.3 Å². The number of hydrogen-bond acceptors (Lipinski definition) is 5. The van der Waals surface area contributed by atoms with Crippen LogP contribution >= 0.6 is 0 Å². The molecule has 10 nitrogen and oxygen atoms in total. The zero-order valence-corrected chi connectivity index (χ0v) is 15.7. The van der Waals surface area contributed by atoms with E-state index in [0.29, 0.717) is 11.4 Å². The maximum absolute atomic E-state index is 11.5. The molecule has 0 atom stereocenters. The number of carbonyl (C=O) groups is 2. The average Bonchev–Trinajstić information content (AvgIpc) is 2.69. The topological polar surface area (TPSA) is 143 Å². The largest absolute Gasteiger partial charge is 0.385 e. The highest BCUT2D eigenvalue weighted by Crippen LogP contribution is 2.07. The minimum absolute atomic E-state index is 0.120. The van der Waals surface area contributed by atoms with Crippen molar-refractivity contribution < 1.29 is 9.59 Å². The summed E-state index contributed by atoms with van der Waals surface area (Å²) in [5, 5.41) is 4.48. The van der Waals surface area contributed by atoms with Gasteiger partial charge < -0.3 is 15.9 Å². The van der Waals surface area contributed by atoms with Gasteiger partial charge in [-0.2, -0.15) is 0 Å². The fraction of sp³-hybridized carbons (Fsp3) is 0.0500. The molecule has 0 saturated heterocycles. The van der Waals surface area contributed by atoms with Gasteiger partial charge in [-0.3, -0.25) is 19.9 Å². The number of para-hydroxylation sites is 2. The number of urea groups is 1. The molecule has 0 saturated carbocycles. The number of nitrogens with two attached hydrogens (primary N) is 1. The van der Waals surface area contributed by atoms with E-state index in [2.05, 4.69) is 15.1 Å². The molecule has 0 aliphatic heterocycles. The van der Waals surface area contributed by atoms with Gasteiger partial charge in [0.2, 0.25) is 0 Å². The van der Waals surface area contributed by atoms with Crippen LogP contribution in [0.1, 0.15) is 0 Å². The number of aromatic nitrogens is 2. The number of amides is 3. The molecule has 0 aliphatic rings. The Hall–Kier alpha value is -4.65. The Morgan fingerprint density at radius 1 is 1.03 bits per heavy atom. The van der Waals surface area contributed by atoms with Crippen LogP contribution in [0, 0.1) is 6.57 Å². The third kappa shape index (κ3) is 6.50. The van der Waals surface area contributed by atoms with E-state index in [1.165, 1.54) is 10.6 Å². The van der Waals surface area contributed by atoms with Crippen LogP contribution < -0.4 is 27.6 Å². The summed E-state index contributed by atoms with van der Waals surface area (Å²) in [5.74, 6) is -0.492. The highest BCUT2D eigenvalue weighted by Gasteiger charge is 2.09. The summed E-state index contributed by atoms with van der Waals surface area (Å²) in [5.41, 5.74) is 5.78. The Morgan fingerprint density at radius 2 is 1.63 bits per heavy atom. The molecule has 1 aromatic heterocycles. The summed E-state index contributed by atoms with van der Waals surface area (Å²) in [4.78, 5) is 49.4. The molecule has 0 spiro atoms. The molecule has 0 aliphatic carbocycles. The Bertz CT molecular complexity index is 1160. The SMILES string of the molecule is Nc1cc(=O)[nH]c(=O)n1-c1ccccc1.[C-]#[N+]CC(=O)NC(=O)Nc1ccccc1. The Balaban J connectivity index is 0.000000214. The Kier molecular flexibility index (Phi) is 7.67. The zero-order chi connectivity index (χ0) is 21.9. The van der Waals surface area contributed by atoms with E-state index in [0.717, 1.165) is 0 Å². The van der Waals surface area contributed by atoms with Crippen LogP contribution in [-0.2, 0) is 4.79 Å². The van der Waals surface area contributed by atoms with Gasteiger partial charge in [0.25, 0.3) is 12.1 Å². The first kappa shape index (κ1) is 21.6. The van der Waals surface area contributed by atoms with E-state index in [1.54, 1.807) is 48.5 Å². The summed E-state index contributed by atoms with van der Waals surface area (Å²) < 4.78 is 1.24. The summed E-state index contributed by atoms with van der Waals surface area (Å²) in [6, 6.07) is 18.1. The van der Waals surface area contributed by atoms with Crippen molar-refractivity contribution >= 4 is 23.4 Å². The van der Waals surface area contributed by atoms with Gasteiger partial charge in [0, 0.05) is 11.8 Å². The van der Waals surface area contributed by atoms with E-state index < -0.39 is 23.2 Å². The molecule has 0 bridgehead atoms. The molecule has 152 valence electrons. The van der Waals surface area contributed by atoms with Crippen molar-refractivity contribution in [1.82, 2.24) is 14.9 Å². The second-order valence-electron chi connectivity index (χ2n) is 5.72. The van der Waals surface area contributed by atoms with Crippen molar-refractivity contribution in [2.24, 2.45) is 0 Å². The van der Waals surface area contributed by atoms with E-state index in [1.807, 2.05) is 17.4 Å². The van der Waals surface area contributed by atoms with Gasteiger partial charge in [-0.1, -0.05) is 36.4 Å². The van der Waals surface area contributed by atoms with Crippen molar-refractivity contribution in [2.75, 3.05) is 17.6 Å². The predicted octanol–water partition coefficient (Wildman–Crippen LogP) is 1.36. The number of nitrogens with one attached hydrogen (secondary N) is 3. The smallest absolute Gasteiger partial charge is 0.334 e. The van der Waals surface area contributed by atoms with Crippen LogP contribution in [0.2, 0.25) is 0 Å². The quantitative estimate of drug-likeness (QED) is 0.486. The Labute approximate surface area is 170 Å². The van der Waals surface area contributed by atoms with Gasteiger partial charge in [0.05, 0.1) is 5.69 Å². The fourth-order valence-electron chi connectivity index (χ4n) is 2.28. The first-order chi connectivity index (χ1) is 14.4. The normalized spacial score (nSPS) is 9.43. The van der Waals surface area contributed by atoms with Gasteiger partial charge in [-0.05, 0) is 24.3 Å². The standard InChI is InChI=1S/2C10H9N3O2/c11-8-6-9(14)12-10(15)13(8)7-4-2-1-3-5-7;1-11-7-9(14)13-10(15)12-8-5-3-2-4-6-8/h1-6H,11H2,(H,12,14,15);2-6H,7H2,(H2,12,13,14,15). The lowest BCUT2D eigenvalue weighted by Crippen LogP contribution is -2.35. The summed E-state index contributed by atoms with van der Waals surface area (Å²) in [6.45, 7) is 6.09. The lowest BCUT2D eigenvalue weighted by molar-refractivity contribution is -0.118. The van der Waals surface area contributed by atoms with Gasteiger partial charge in [0.1, 0.15) is 5.82 Å². The van der Waals surface area contributed by atoms with Crippen LogP contribution in [-0.4, -0.2) is 28.0 Å². The molecule has 2 aromatic carbocycles. The van der Waals surface area contributed by atoms with Crippen LogP contribution in [0.25, 0.3) is 10.5 Å². The summed E-state index contributed by atoms with van der Waals surface area (Å²) in [7, 11) is 0. The lowest BCUT2D eigenvalue weighted by atomic mass is 10.3. The second kappa shape index (κ2) is 10.6. The maximum Gasteiger partial charge on any atom is 0.334 e. The number of imide groups is 1. The molecular weight excluding hydrogens is 388 g/mol. The monoisotopic (exact) mass is 406 g/mol. The van der Waals surface area contributed by atoms with Gasteiger partial charge in [0.15, 0.2) is 0 Å². The van der Waals surface area contributed by atoms with Crippen LogP contribution in [0.5, 0.6) is 0 Å². The third-order valence-corrected chi connectivity index (χ3v) is 3.49. The number of H-pyrrole nitrogens is 1. The van der Waals surface area contributed by atoms with Crippen molar-refractivity contribution in [1.29, 1.82) is 0 Å². The number of rotatable bonds is 3.